The van der Waals surface area contributed by atoms with Crippen LogP contribution in [0.2, 0.25) is 0 Å². The Morgan fingerprint density at radius 1 is 1.43 bits per heavy atom. The standard InChI is InChI=1S/C14H28N4O3/c1-3-18(10-12-5-4-6-15-9-12)11-13(19)17-14(20)16-7-8-21-2/h12,15H,3-11H2,1-2H3,(H2,16,17,19,20). The fraction of sp³-hybridized carbons (Fsp3) is 0.857. The molecule has 1 aliphatic rings. The third-order valence-electron chi connectivity index (χ3n) is 3.57. The Hall–Kier alpha value is -1.18. The van der Waals surface area contributed by atoms with Gasteiger partial charge in [0.15, 0.2) is 0 Å². The number of piperidine rings is 1. The molecule has 0 radical (unpaired) electrons. The summed E-state index contributed by atoms with van der Waals surface area (Å²) >= 11 is 0. The molecular formula is C14H28N4O3. The lowest BCUT2D eigenvalue weighted by molar-refractivity contribution is -0.121. The van der Waals surface area contributed by atoms with Gasteiger partial charge in [-0.05, 0) is 38.4 Å². The second-order valence-corrected chi connectivity index (χ2v) is 5.34. The average Bonchev–Trinajstić information content (AvgIpc) is 2.47. The van der Waals surface area contributed by atoms with Crippen LogP contribution in [-0.2, 0) is 9.53 Å². The van der Waals surface area contributed by atoms with E-state index in [-0.39, 0.29) is 12.5 Å². The number of urea groups is 1. The number of nitrogens with zero attached hydrogens (tertiary/aromatic N) is 1. The maximum absolute atomic E-state index is 11.8. The Morgan fingerprint density at radius 2 is 2.24 bits per heavy atom. The average molecular weight is 300 g/mol. The summed E-state index contributed by atoms with van der Waals surface area (Å²) in [5.41, 5.74) is 0. The van der Waals surface area contributed by atoms with Gasteiger partial charge < -0.3 is 15.4 Å². The Bertz CT molecular complexity index is 319. The first-order chi connectivity index (χ1) is 10.2. The predicted molar refractivity (Wildman–Crippen MR) is 81.1 cm³/mol. The van der Waals surface area contributed by atoms with Crippen LogP contribution in [0.25, 0.3) is 0 Å². The molecule has 1 fully saturated rings. The minimum Gasteiger partial charge on any atom is -0.383 e. The van der Waals surface area contributed by atoms with Gasteiger partial charge in [0.1, 0.15) is 0 Å². The van der Waals surface area contributed by atoms with Crippen molar-refractivity contribution in [1.82, 2.24) is 20.9 Å². The maximum Gasteiger partial charge on any atom is 0.321 e. The minimum atomic E-state index is -0.465. The number of methoxy groups -OCH3 is 1. The van der Waals surface area contributed by atoms with E-state index >= 15 is 0 Å². The predicted octanol–water partition coefficient (Wildman–Crippen LogP) is -0.220. The molecule has 3 amide bonds. The van der Waals surface area contributed by atoms with Crippen molar-refractivity contribution in [2.24, 2.45) is 5.92 Å². The summed E-state index contributed by atoms with van der Waals surface area (Å²) in [6.45, 7) is 6.89. The van der Waals surface area contributed by atoms with E-state index in [2.05, 4.69) is 20.9 Å². The summed E-state index contributed by atoms with van der Waals surface area (Å²) in [4.78, 5) is 25.4. The van der Waals surface area contributed by atoms with Gasteiger partial charge >= 0.3 is 6.03 Å². The molecule has 1 aliphatic heterocycles. The van der Waals surface area contributed by atoms with Crippen LogP contribution >= 0.6 is 0 Å². The molecule has 0 aromatic carbocycles. The Morgan fingerprint density at radius 3 is 2.86 bits per heavy atom. The van der Waals surface area contributed by atoms with Crippen LogP contribution in [-0.4, -0.2) is 69.8 Å². The molecule has 0 aliphatic carbocycles. The number of nitrogens with one attached hydrogen (secondary N) is 3. The molecule has 1 atom stereocenters. The van der Waals surface area contributed by atoms with Gasteiger partial charge in [-0.25, -0.2) is 4.79 Å². The summed E-state index contributed by atoms with van der Waals surface area (Å²) in [5.74, 6) is 0.317. The van der Waals surface area contributed by atoms with Gasteiger partial charge in [-0.1, -0.05) is 6.92 Å². The normalized spacial score (nSPS) is 18.5. The number of rotatable bonds is 8. The van der Waals surface area contributed by atoms with Crippen molar-refractivity contribution in [3.05, 3.63) is 0 Å². The van der Waals surface area contributed by atoms with Crippen molar-refractivity contribution >= 4 is 11.9 Å². The monoisotopic (exact) mass is 300 g/mol. The third-order valence-corrected chi connectivity index (χ3v) is 3.57. The highest BCUT2D eigenvalue weighted by molar-refractivity contribution is 5.95. The zero-order chi connectivity index (χ0) is 15.5. The molecule has 122 valence electrons. The van der Waals surface area contributed by atoms with Crippen molar-refractivity contribution in [3.63, 3.8) is 0 Å². The van der Waals surface area contributed by atoms with E-state index in [0.29, 0.717) is 19.1 Å². The summed E-state index contributed by atoms with van der Waals surface area (Å²) in [6.07, 6.45) is 2.39. The van der Waals surface area contributed by atoms with Crippen LogP contribution in [0.15, 0.2) is 0 Å². The number of carbonyl (C=O) groups excluding carboxylic acids is 2. The van der Waals surface area contributed by atoms with Crippen LogP contribution in [0.5, 0.6) is 0 Å². The summed E-state index contributed by atoms with van der Waals surface area (Å²) < 4.78 is 4.82. The number of amides is 3. The van der Waals surface area contributed by atoms with Crippen molar-refractivity contribution < 1.29 is 14.3 Å². The number of ether oxygens (including phenoxy) is 1. The molecule has 21 heavy (non-hydrogen) atoms. The van der Waals surface area contributed by atoms with Crippen molar-refractivity contribution in [2.45, 2.75) is 19.8 Å². The lowest BCUT2D eigenvalue weighted by atomic mass is 9.99. The maximum atomic E-state index is 11.8. The molecule has 7 heteroatoms. The topological polar surface area (TPSA) is 82.7 Å². The Labute approximate surface area is 126 Å². The fourth-order valence-electron chi connectivity index (χ4n) is 2.43. The largest absolute Gasteiger partial charge is 0.383 e. The van der Waals surface area contributed by atoms with E-state index < -0.39 is 6.03 Å². The van der Waals surface area contributed by atoms with Crippen LogP contribution in [0.1, 0.15) is 19.8 Å². The molecule has 0 bridgehead atoms. The third kappa shape index (κ3) is 7.99. The van der Waals surface area contributed by atoms with E-state index in [1.54, 1.807) is 7.11 Å². The van der Waals surface area contributed by atoms with Gasteiger partial charge in [-0.3, -0.25) is 15.0 Å². The highest BCUT2D eigenvalue weighted by Crippen LogP contribution is 2.11. The van der Waals surface area contributed by atoms with Crippen LogP contribution < -0.4 is 16.0 Å². The van der Waals surface area contributed by atoms with E-state index in [4.69, 9.17) is 4.74 Å². The SMILES string of the molecule is CCN(CC(=O)NC(=O)NCCOC)CC1CCCNC1. The zero-order valence-corrected chi connectivity index (χ0v) is 13.1. The van der Waals surface area contributed by atoms with E-state index in [1.165, 1.54) is 12.8 Å². The molecule has 1 rings (SSSR count). The van der Waals surface area contributed by atoms with Gasteiger partial charge in [0.05, 0.1) is 13.2 Å². The number of hydrogen-bond donors (Lipinski definition) is 3. The number of carbonyl (C=O) groups is 2. The van der Waals surface area contributed by atoms with Crippen LogP contribution in [0.3, 0.4) is 0 Å². The Kier molecular flexibility index (Phi) is 8.96. The molecule has 0 aromatic rings. The van der Waals surface area contributed by atoms with Crippen LogP contribution in [0.4, 0.5) is 4.79 Å². The number of imide groups is 1. The van der Waals surface area contributed by atoms with E-state index in [0.717, 1.165) is 26.2 Å². The molecular weight excluding hydrogens is 272 g/mol. The smallest absolute Gasteiger partial charge is 0.321 e. The van der Waals surface area contributed by atoms with E-state index in [9.17, 15) is 9.59 Å². The molecule has 1 saturated heterocycles. The molecule has 1 heterocycles. The van der Waals surface area contributed by atoms with Gasteiger partial charge in [-0.2, -0.15) is 0 Å². The van der Waals surface area contributed by atoms with E-state index in [1.807, 2.05) is 6.92 Å². The molecule has 0 saturated carbocycles. The van der Waals surface area contributed by atoms with Gasteiger partial charge in [-0.15, -0.1) is 0 Å². The first-order valence-electron chi connectivity index (χ1n) is 7.65. The van der Waals surface area contributed by atoms with Crippen molar-refractivity contribution in [1.29, 1.82) is 0 Å². The summed E-state index contributed by atoms with van der Waals surface area (Å²) in [5, 5.41) is 8.28. The second kappa shape index (κ2) is 10.5. The molecule has 0 aromatic heterocycles. The van der Waals surface area contributed by atoms with Gasteiger partial charge in [0.25, 0.3) is 0 Å². The summed E-state index contributed by atoms with van der Waals surface area (Å²) in [7, 11) is 1.56. The molecule has 0 spiro atoms. The fourth-order valence-corrected chi connectivity index (χ4v) is 2.43. The first kappa shape index (κ1) is 17.9. The first-order valence-corrected chi connectivity index (χ1v) is 7.65. The van der Waals surface area contributed by atoms with Gasteiger partial charge in [0.2, 0.25) is 5.91 Å². The Balaban J connectivity index is 2.24. The highest BCUT2D eigenvalue weighted by atomic mass is 16.5. The highest BCUT2D eigenvalue weighted by Gasteiger charge is 2.18. The molecule has 3 N–H and O–H groups in total. The van der Waals surface area contributed by atoms with Crippen molar-refractivity contribution in [2.75, 3.05) is 53.0 Å². The van der Waals surface area contributed by atoms with Crippen LogP contribution in [0, 0.1) is 5.92 Å². The zero-order valence-electron chi connectivity index (χ0n) is 13.1. The number of hydrogen-bond acceptors (Lipinski definition) is 5. The number of likely N-dealkylation sites (N-methyl/N-ethyl adjacent to an activating group) is 1. The van der Waals surface area contributed by atoms with Crippen molar-refractivity contribution in [3.8, 4) is 0 Å². The molecule has 7 nitrogen and oxygen atoms in total. The lowest BCUT2D eigenvalue weighted by Crippen LogP contribution is -2.47. The lowest BCUT2D eigenvalue weighted by Gasteiger charge is -2.28. The molecule has 1 unspecified atom stereocenters. The van der Waals surface area contributed by atoms with Gasteiger partial charge in [0, 0.05) is 20.2 Å². The quantitative estimate of drug-likeness (QED) is 0.540. The summed E-state index contributed by atoms with van der Waals surface area (Å²) in [6, 6.07) is -0.465. The minimum absolute atomic E-state index is 0.255. The second-order valence-electron chi connectivity index (χ2n) is 5.34.